The molecule has 10 heteroatoms. The predicted octanol–water partition coefficient (Wildman–Crippen LogP) is 3.84. The van der Waals surface area contributed by atoms with Gasteiger partial charge in [0, 0.05) is 28.6 Å². The molecule has 2 aromatic rings. The van der Waals surface area contributed by atoms with Crippen LogP contribution in [0.4, 0.5) is 5.00 Å². The largest absolute Gasteiger partial charge is 0.465 e. The summed E-state index contributed by atoms with van der Waals surface area (Å²) in [6.45, 7) is 4.00. The number of amides is 2. The molecule has 1 fully saturated rings. The van der Waals surface area contributed by atoms with Gasteiger partial charge < -0.3 is 19.7 Å². The Labute approximate surface area is 200 Å². The van der Waals surface area contributed by atoms with Crippen molar-refractivity contribution in [1.82, 2.24) is 4.90 Å². The Kier molecular flexibility index (Phi) is 8.10. The van der Waals surface area contributed by atoms with E-state index >= 15 is 0 Å². The number of halogens is 1. The zero-order valence-electron chi connectivity index (χ0n) is 18.6. The van der Waals surface area contributed by atoms with E-state index in [0.717, 1.165) is 10.4 Å². The number of aryl methyl sites for hydroxylation is 1. The lowest BCUT2D eigenvalue weighted by molar-refractivity contribution is -0.152. The second kappa shape index (κ2) is 10.8. The molecule has 1 aliphatic rings. The highest BCUT2D eigenvalue weighted by molar-refractivity contribution is 7.16. The van der Waals surface area contributed by atoms with Gasteiger partial charge in [-0.1, -0.05) is 11.6 Å². The molecular formula is C23H25ClN2O6S. The summed E-state index contributed by atoms with van der Waals surface area (Å²) in [6, 6.07) is 6.67. The highest BCUT2D eigenvalue weighted by Crippen LogP contribution is 2.33. The summed E-state index contributed by atoms with van der Waals surface area (Å²) in [7, 11) is 1.27. The van der Waals surface area contributed by atoms with Crippen molar-refractivity contribution in [3.05, 3.63) is 50.9 Å². The van der Waals surface area contributed by atoms with Crippen LogP contribution in [0.3, 0.4) is 0 Å². The fourth-order valence-corrected chi connectivity index (χ4v) is 4.76. The molecule has 0 atom stereocenters. The molecule has 1 N–H and O–H groups in total. The van der Waals surface area contributed by atoms with Gasteiger partial charge >= 0.3 is 11.9 Å². The number of ether oxygens (including phenoxy) is 2. The third-order valence-corrected chi connectivity index (χ3v) is 6.95. The molecule has 0 unspecified atom stereocenters. The molecule has 0 spiro atoms. The van der Waals surface area contributed by atoms with Crippen LogP contribution in [0.25, 0.3) is 0 Å². The number of hydrogen-bond donors (Lipinski definition) is 1. The van der Waals surface area contributed by atoms with E-state index < -0.39 is 24.5 Å². The maximum absolute atomic E-state index is 12.6. The SMILES string of the molecule is COC(=O)c1c(NC(=O)COC(=O)C2CCN(C(=O)c3ccc(Cl)cc3)CC2)sc(C)c1C. The number of anilines is 1. The molecule has 3 rings (SSSR count). The molecule has 0 radical (unpaired) electrons. The van der Waals surface area contributed by atoms with E-state index in [-0.39, 0.29) is 11.8 Å². The van der Waals surface area contributed by atoms with Gasteiger partial charge in [0.2, 0.25) is 0 Å². The van der Waals surface area contributed by atoms with Crippen molar-refractivity contribution in [2.45, 2.75) is 26.7 Å². The second-order valence-corrected chi connectivity index (χ2v) is 9.37. The number of likely N-dealkylation sites (tertiary alicyclic amines) is 1. The fraction of sp³-hybridized carbons (Fsp3) is 0.391. The Balaban J connectivity index is 1.48. The lowest BCUT2D eigenvalue weighted by atomic mass is 9.96. The first-order valence-electron chi connectivity index (χ1n) is 10.4. The number of nitrogens with one attached hydrogen (secondary N) is 1. The maximum atomic E-state index is 12.6. The first-order valence-corrected chi connectivity index (χ1v) is 11.6. The van der Waals surface area contributed by atoms with E-state index in [1.165, 1.54) is 18.4 Å². The number of thiophene rings is 1. The molecule has 0 aliphatic carbocycles. The summed E-state index contributed by atoms with van der Waals surface area (Å²) in [6.07, 6.45) is 0.908. The number of hydrogen-bond acceptors (Lipinski definition) is 7. The number of carbonyl (C=O) groups is 4. The van der Waals surface area contributed by atoms with E-state index in [9.17, 15) is 19.2 Å². The Morgan fingerprint density at radius 2 is 1.76 bits per heavy atom. The summed E-state index contributed by atoms with van der Waals surface area (Å²) in [5.74, 6) is -2.05. The highest BCUT2D eigenvalue weighted by Gasteiger charge is 2.29. The summed E-state index contributed by atoms with van der Waals surface area (Å²) in [5.41, 5.74) is 1.58. The number of nitrogens with zero attached hydrogens (tertiary/aromatic N) is 1. The minimum absolute atomic E-state index is 0.110. The summed E-state index contributed by atoms with van der Waals surface area (Å²) >= 11 is 7.12. The Morgan fingerprint density at radius 3 is 2.36 bits per heavy atom. The topological polar surface area (TPSA) is 102 Å². The van der Waals surface area contributed by atoms with Crippen LogP contribution in [0.1, 0.15) is 44.0 Å². The van der Waals surface area contributed by atoms with Crippen molar-refractivity contribution in [2.75, 3.05) is 32.1 Å². The van der Waals surface area contributed by atoms with Crippen LogP contribution in [-0.4, -0.2) is 55.5 Å². The van der Waals surface area contributed by atoms with E-state index in [4.69, 9.17) is 21.1 Å². The molecule has 0 saturated carbocycles. The average molecular weight is 493 g/mol. The van der Waals surface area contributed by atoms with E-state index in [1.807, 2.05) is 6.92 Å². The van der Waals surface area contributed by atoms with Crippen LogP contribution in [0.5, 0.6) is 0 Å². The predicted molar refractivity (Wildman–Crippen MR) is 125 cm³/mol. The van der Waals surface area contributed by atoms with E-state index in [0.29, 0.717) is 47.1 Å². The molecule has 0 bridgehead atoms. The monoisotopic (exact) mass is 492 g/mol. The van der Waals surface area contributed by atoms with Crippen molar-refractivity contribution < 1.29 is 28.7 Å². The molecule has 1 aromatic carbocycles. The fourth-order valence-electron chi connectivity index (χ4n) is 3.57. The normalized spacial score (nSPS) is 14.0. The highest BCUT2D eigenvalue weighted by atomic mass is 35.5. The van der Waals surface area contributed by atoms with Crippen LogP contribution >= 0.6 is 22.9 Å². The third kappa shape index (κ3) is 5.91. The molecule has 1 aromatic heterocycles. The first kappa shape index (κ1) is 24.7. The average Bonchev–Trinajstić information content (AvgIpc) is 3.09. The van der Waals surface area contributed by atoms with Gasteiger partial charge in [0.1, 0.15) is 5.00 Å². The quantitative estimate of drug-likeness (QED) is 0.615. The summed E-state index contributed by atoms with van der Waals surface area (Å²) in [5, 5.41) is 3.55. The van der Waals surface area contributed by atoms with Crippen LogP contribution < -0.4 is 5.32 Å². The first-order chi connectivity index (χ1) is 15.7. The van der Waals surface area contributed by atoms with Crippen molar-refractivity contribution in [2.24, 2.45) is 5.92 Å². The van der Waals surface area contributed by atoms with Gasteiger partial charge in [-0.15, -0.1) is 11.3 Å². The number of benzene rings is 1. The number of rotatable bonds is 6. The van der Waals surface area contributed by atoms with Gasteiger partial charge in [-0.3, -0.25) is 14.4 Å². The minimum Gasteiger partial charge on any atom is -0.465 e. The van der Waals surface area contributed by atoms with Crippen LogP contribution in [0.15, 0.2) is 24.3 Å². The van der Waals surface area contributed by atoms with Gasteiger partial charge in [-0.25, -0.2) is 4.79 Å². The smallest absolute Gasteiger partial charge is 0.341 e. The maximum Gasteiger partial charge on any atom is 0.341 e. The zero-order chi connectivity index (χ0) is 24.1. The lowest BCUT2D eigenvalue weighted by Crippen LogP contribution is -2.41. The Hall–Kier alpha value is -2.91. The minimum atomic E-state index is -0.538. The Morgan fingerprint density at radius 1 is 1.12 bits per heavy atom. The van der Waals surface area contributed by atoms with Crippen LogP contribution in [0.2, 0.25) is 5.02 Å². The molecule has 8 nitrogen and oxygen atoms in total. The summed E-state index contributed by atoms with van der Waals surface area (Å²) < 4.78 is 9.98. The lowest BCUT2D eigenvalue weighted by Gasteiger charge is -2.31. The molecule has 2 heterocycles. The molecule has 2 amide bonds. The molecular weight excluding hydrogens is 468 g/mol. The summed E-state index contributed by atoms with van der Waals surface area (Å²) in [4.78, 5) is 51.9. The van der Waals surface area contributed by atoms with Gasteiger partial charge in [-0.05, 0) is 56.5 Å². The standard InChI is InChI=1S/C23H25ClN2O6S/c1-13-14(2)33-20(19(13)23(30)31-3)25-18(27)12-32-22(29)16-8-10-26(11-9-16)21(28)15-4-6-17(24)7-5-15/h4-7,16H,8-12H2,1-3H3,(H,25,27). The number of methoxy groups -OCH3 is 1. The van der Waals surface area contributed by atoms with Gasteiger partial charge in [0.05, 0.1) is 18.6 Å². The Bertz CT molecular complexity index is 1060. The van der Waals surface area contributed by atoms with Gasteiger partial charge in [-0.2, -0.15) is 0 Å². The van der Waals surface area contributed by atoms with Crippen molar-refractivity contribution in [3.63, 3.8) is 0 Å². The van der Waals surface area contributed by atoms with Crippen LogP contribution in [-0.2, 0) is 19.1 Å². The van der Waals surface area contributed by atoms with Crippen molar-refractivity contribution in [3.8, 4) is 0 Å². The van der Waals surface area contributed by atoms with Gasteiger partial charge in [0.15, 0.2) is 6.61 Å². The van der Waals surface area contributed by atoms with E-state index in [1.54, 1.807) is 36.1 Å². The zero-order valence-corrected chi connectivity index (χ0v) is 20.2. The molecule has 33 heavy (non-hydrogen) atoms. The second-order valence-electron chi connectivity index (χ2n) is 7.71. The van der Waals surface area contributed by atoms with Crippen LogP contribution in [0, 0.1) is 19.8 Å². The molecule has 1 saturated heterocycles. The van der Waals surface area contributed by atoms with Crippen molar-refractivity contribution >= 4 is 51.7 Å². The third-order valence-electron chi connectivity index (χ3n) is 5.58. The number of carbonyl (C=O) groups excluding carboxylic acids is 4. The van der Waals surface area contributed by atoms with Crippen molar-refractivity contribution in [1.29, 1.82) is 0 Å². The number of piperidine rings is 1. The molecule has 1 aliphatic heterocycles. The van der Waals surface area contributed by atoms with E-state index in [2.05, 4.69) is 5.32 Å². The van der Waals surface area contributed by atoms with Gasteiger partial charge in [0.25, 0.3) is 11.8 Å². The number of esters is 2. The molecule has 176 valence electrons.